The van der Waals surface area contributed by atoms with Crippen LogP contribution < -0.4 is 5.32 Å². The van der Waals surface area contributed by atoms with Gasteiger partial charge in [0.1, 0.15) is 0 Å². The normalized spacial score (nSPS) is 16.9. The van der Waals surface area contributed by atoms with E-state index in [1.165, 1.54) is 16.7 Å². The predicted molar refractivity (Wildman–Crippen MR) is 80.9 cm³/mol. The van der Waals surface area contributed by atoms with E-state index in [1.54, 1.807) is 0 Å². The van der Waals surface area contributed by atoms with E-state index in [9.17, 15) is 0 Å². The van der Waals surface area contributed by atoms with E-state index < -0.39 is 0 Å². The van der Waals surface area contributed by atoms with Crippen LogP contribution in [-0.4, -0.2) is 13.1 Å². The van der Waals surface area contributed by atoms with Crippen LogP contribution in [0.2, 0.25) is 5.02 Å². The molecule has 0 aromatic heterocycles. The zero-order valence-corrected chi connectivity index (χ0v) is 11.9. The van der Waals surface area contributed by atoms with Gasteiger partial charge in [-0.1, -0.05) is 59.6 Å². The Bertz CT molecular complexity index is 570. The van der Waals surface area contributed by atoms with E-state index in [4.69, 9.17) is 11.6 Å². The van der Waals surface area contributed by atoms with Crippen molar-refractivity contribution in [3.8, 4) is 0 Å². The number of nitrogens with one attached hydrogen (secondary N) is 1. The molecule has 0 atom stereocenters. The molecule has 19 heavy (non-hydrogen) atoms. The summed E-state index contributed by atoms with van der Waals surface area (Å²) in [5, 5.41) is 4.29. The predicted octanol–water partition coefficient (Wildman–Crippen LogP) is 3.73. The number of hydrogen-bond donors (Lipinski definition) is 1. The average molecular weight is 272 g/mol. The maximum Gasteiger partial charge on any atom is 0.0444 e. The van der Waals surface area contributed by atoms with E-state index in [-0.39, 0.29) is 5.41 Å². The second kappa shape index (κ2) is 4.99. The first-order valence-corrected chi connectivity index (χ1v) is 7.09. The minimum absolute atomic E-state index is 0.160. The Morgan fingerprint density at radius 1 is 1.05 bits per heavy atom. The van der Waals surface area contributed by atoms with Crippen LogP contribution >= 0.6 is 11.6 Å². The van der Waals surface area contributed by atoms with Crippen LogP contribution in [-0.2, 0) is 11.8 Å². The van der Waals surface area contributed by atoms with E-state index in [1.807, 2.05) is 12.1 Å². The zero-order valence-electron chi connectivity index (χ0n) is 11.1. The van der Waals surface area contributed by atoms with Crippen molar-refractivity contribution in [2.45, 2.75) is 18.8 Å². The summed E-state index contributed by atoms with van der Waals surface area (Å²) >= 11 is 6.38. The van der Waals surface area contributed by atoms with Gasteiger partial charge in [-0.05, 0) is 30.5 Å². The molecule has 1 nitrogen and oxygen atoms in total. The lowest BCUT2D eigenvalue weighted by atomic mass is 9.71. The van der Waals surface area contributed by atoms with Crippen molar-refractivity contribution in [1.82, 2.24) is 5.32 Å². The highest BCUT2D eigenvalue weighted by Crippen LogP contribution is 2.36. The molecule has 2 heteroatoms. The Labute approximate surface area is 119 Å². The smallest absolute Gasteiger partial charge is 0.0444 e. The van der Waals surface area contributed by atoms with Gasteiger partial charge in [-0.3, -0.25) is 0 Å². The Hall–Kier alpha value is -1.31. The summed E-state index contributed by atoms with van der Waals surface area (Å²) in [6.45, 7) is 4.13. The first-order chi connectivity index (χ1) is 9.20. The van der Waals surface area contributed by atoms with Crippen molar-refractivity contribution < 1.29 is 0 Å². The molecule has 2 aromatic rings. The third kappa shape index (κ3) is 2.41. The van der Waals surface area contributed by atoms with Gasteiger partial charge in [0.2, 0.25) is 0 Å². The Morgan fingerprint density at radius 2 is 1.74 bits per heavy atom. The largest absolute Gasteiger partial charge is 0.315 e. The lowest BCUT2D eigenvalue weighted by Gasteiger charge is -2.44. The van der Waals surface area contributed by atoms with E-state index in [2.05, 4.69) is 48.6 Å². The molecule has 0 unspecified atom stereocenters. The highest BCUT2D eigenvalue weighted by atomic mass is 35.5. The first-order valence-electron chi connectivity index (χ1n) is 6.71. The monoisotopic (exact) mass is 271 g/mol. The minimum Gasteiger partial charge on any atom is -0.315 e. The van der Waals surface area contributed by atoms with Crippen molar-refractivity contribution >= 4 is 11.6 Å². The van der Waals surface area contributed by atoms with Gasteiger partial charge in [0.25, 0.3) is 0 Å². The van der Waals surface area contributed by atoms with Crippen LogP contribution in [0.1, 0.15) is 16.7 Å². The van der Waals surface area contributed by atoms with Crippen LogP contribution in [0, 0.1) is 6.92 Å². The fourth-order valence-electron chi connectivity index (χ4n) is 2.83. The number of aryl methyl sites for hydroxylation is 1. The lowest BCUT2D eigenvalue weighted by molar-refractivity contribution is 0.275. The zero-order chi connectivity index (χ0) is 13.3. The molecule has 0 saturated carbocycles. The van der Waals surface area contributed by atoms with Gasteiger partial charge in [-0.25, -0.2) is 0 Å². The molecule has 1 aliphatic rings. The second-order valence-corrected chi connectivity index (χ2v) is 5.93. The van der Waals surface area contributed by atoms with Gasteiger partial charge < -0.3 is 5.32 Å². The molecule has 1 aliphatic heterocycles. The minimum atomic E-state index is 0.160. The average Bonchev–Trinajstić information content (AvgIpc) is 2.37. The quantitative estimate of drug-likeness (QED) is 0.897. The standard InChI is InChI=1S/C17H18ClN/c1-13-6-8-14(9-7-13)10-17(11-19-12-17)15-4-2-3-5-16(15)18/h2-9,19H,10-12H2,1H3. The van der Waals surface area contributed by atoms with Gasteiger partial charge in [0.15, 0.2) is 0 Å². The second-order valence-electron chi connectivity index (χ2n) is 5.53. The van der Waals surface area contributed by atoms with Crippen LogP contribution in [0.3, 0.4) is 0 Å². The molecule has 1 N–H and O–H groups in total. The van der Waals surface area contributed by atoms with Crippen LogP contribution in [0.5, 0.6) is 0 Å². The fourth-order valence-corrected chi connectivity index (χ4v) is 3.16. The molecule has 0 spiro atoms. The summed E-state index contributed by atoms with van der Waals surface area (Å²) in [5.41, 5.74) is 4.12. The molecule has 0 bridgehead atoms. The van der Waals surface area contributed by atoms with Crippen molar-refractivity contribution in [2.75, 3.05) is 13.1 Å². The molecule has 3 rings (SSSR count). The summed E-state index contributed by atoms with van der Waals surface area (Å²) in [6, 6.07) is 17.1. The third-order valence-electron chi connectivity index (χ3n) is 4.04. The molecule has 1 saturated heterocycles. The maximum absolute atomic E-state index is 6.38. The Morgan fingerprint density at radius 3 is 2.32 bits per heavy atom. The van der Waals surface area contributed by atoms with Gasteiger partial charge in [0, 0.05) is 23.5 Å². The summed E-state index contributed by atoms with van der Waals surface area (Å²) in [5.74, 6) is 0. The molecule has 0 aliphatic carbocycles. The first kappa shape index (κ1) is 12.7. The lowest BCUT2D eigenvalue weighted by Crippen LogP contribution is -2.58. The number of benzene rings is 2. The number of rotatable bonds is 3. The highest BCUT2D eigenvalue weighted by Gasteiger charge is 2.39. The van der Waals surface area contributed by atoms with Gasteiger partial charge in [0.05, 0.1) is 0 Å². The number of halogens is 1. The molecule has 0 radical (unpaired) electrons. The molecular formula is C17H18ClN. The molecular weight excluding hydrogens is 254 g/mol. The van der Waals surface area contributed by atoms with Gasteiger partial charge in [-0.15, -0.1) is 0 Å². The van der Waals surface area contributed by atoms with Crippen LogP contribution in [0.4, 0.5) is 0 Å². The maximum atomic E-state index is 6.38. The van der Waals surface area contributed by atoms with E-state index >= 15 is 0 Å². The van der Waals surface area contributed by atoms with Crippen molar-refractivity contribution in [1.29, 1.82) is 0 Å². The van der Waals surface area contributed by atoms with Crippen molar-refractivity contribution in [3.05, 3.63) is 70.2 Å². The Kier molecular flexibility index (Phi) is 3.34. The Balaban J connectivity index is 1.92. The molecule has 0 amide bonds. The van der Waals surface area contributed by atoms with Crippen LogP contribution in [0.15, 0.2) is 48.5 Å². The van der Waals surface area contributed by atoms with Gasteiger partial charge in [-0.2, -0.15) is 0 Å². The fraction of sp³-hybridized carbons (Fsp3) is 0.294. The van der Waals surface area contributed by atoms with Gasteiger partial charge >= 0.3 is 0 Å². The summed E-state index contributed by atoms with van der Waals surface area (Å²) in [4.78, 5) is 0. The summed E-state index contributed by atoms with van der Waals surface area (Å²) < 4.78 is 0. The highest BCUT2D eigenvalue weighted by molar-refractivity contribution is 6.31. The summed E-state index contributed by atoms with van der Waals surface area (Å²) in [6.07, 6.45) is 1.05. The van der Waals surface area contributed by atoms with Crippen molar-refractivity contribution in [2.24, 2.45) is 0 Å². The van der Waals surface area contributed by atoms with E-state index in [0.717, 1.165) is 24.5 Å². The third-order valence-corrected chi connectivity index (χ3v) is 4.36. The topological polar surface area (TPSA) is 12.0 Å². The molecule has 1 fully saturated rings. The summed E-state index contributed by atoms with van der Waals surface area (Å²) in [7, 11) is 0. The molecule has 2 aromatic carbocycles. The molecule has 1 heterocycles. The SMILES string of the molecule is Cc1ccc(CC2(c3ccccc3Cl)CNC2)cc1. The molecule has 98 valence electrons. The van der Waals surface area contributed by atoms with Crippen molar-refractivity contribution in [3.63, 3.8) is 0 Å². The van der Waals surface area contributed by atoms with E-state index in [0.29, 0.717) is 0 Å². The van der Waals surface area contributed by atoms with Crippen LogP contribution in [0.25, 0.3) is 0 Å². The number of hydrogen-bond acceptors (Lipinski definition) is 1.